The van der Waals surface area contributed by atoms with Crippen molar-refractivity contribution in [2.45, 2.75) is 6.04 Å². The number of halogens is 5. The molecule has 0 radical (unpaired) electrons. The largest absolute Gasteiger partial charge is 0.309 e. The third-order valence-corrected chi connectivity index (χ3v) is 4.13. The maximum absolute atomic E-state index is 13.8. The molecule has 1 N–H and O–H groups in total. The van der Waals surface area contributed by atoms with E-state index >= 15 is 0 Å². The lowest BCUT2D eigenvalue weighted by molar-refractivity contribution is 0.500. The van der Waals surface area contributed by atoms with Crippen molar-refractivity contribution in [2.75, 3.05) is 7.05 Å². The zero-order valence-corrected chi connectivity index (χ0v) is 11.9. The van der Waals surface area contributed by atoms with Crippen molar-refractivity contribution >= 4 is 34.5 Å². The molecule has 1 heterocycles. The monoisotopic (exact) mass is 325 g/mol. The van der Waals surface area contributed by atoms with Gasteiger partial charge < -0.3 is 5.32 Å². The highest BCUT2D eigenvalue weighted by atomic mass is 35.5. The van der Waals surface area contributed by atoms with Crippen molar-refractivity contribution in [3.63, 3.8) is 0 Å². The van der Waals surface area contributed by atoms with E-state index in [0.29, 0.717) is 26.4 Å². The quantitative estimate of drug-likeness (QED) is 0.856. The highest BCUT2D eigenvalue weighted by Gasteiger charge is 2.25. The predicted molar refractivity (Wildman–Crippen MR) is 71.6 cm³/mol. The fraction of sp³-hybridized carbons (Fsp3) is 0.167. The van der Waals surface area contributed by atoms with E-state index in [1.807, 2.05) is 0 Å². The van der Waals surface area contributed by atoms with E-state index in [1.165, 1.54) is 13.1 Å². The van der Waals surface area contributed by atoms with Gasteiger partial charge in [0.15, 0.2) is 0 Å². The fourth-order valence-corrected chi connectivity index (χ4v) is 3.37. The lowest BCUT2D eigenvalue weighted by Crippen LogP contribution is -2.20. The lowest BCUT2D eigenvalue weighted by Gasteiger charge is -2.17. The molecule has 1 aromatic heterocycles. The van der Waals surface area contributed by atoms with Crippen LogP contribution in [0.4, 0.5) is 13.2 Å². The second kappa shape index (κ2) is 5.71. The van der Waals surface area contributed by atoms with E-state index in [0.717, 1.165) is 11.3 Å². The minimum atomic E-state index is -0.977. The molecule has 0 saturated heterocycles. The Morgan fingerprint density at radius 3 is 2.11 bits per heavy atom. The summed E-state index contributed by atoms with van der Waals surface area (Å²) in [5.74, 6) is -2.92. The second-order valence-electron chi connectivity index (χ2n) is 3.78. The van der Waals surface area contributed by atoms with Crippen LogP contribution in [0.5, 0.6) is 0 Å². The molecular formula is C12H8Cl2F3NS. The SMILES string of the molecule is CNC(c1cc(Cl)sc1Cl)c1c(F)cc(F)cc1F. The van der Waals surface area contributed by atoms with Gasteiger partial charge >= 0.3 is 0 Å². The summed E-state index contributed by atoms with van der Waals surface area (Å²) in [6, 6.07) is 1.95. The molecule has 7 heteroatoms. The molecule has 0 saturated carbocycles. The number of nitrogens with one attached hydrogen (secondary N) is 1. The van der Waals surface area contributed by atoms with Gasteiger partial charge in [-0.2, -0.15) is 0 Å². The predicted octanol–water partition coefficient (Wildman–Crippen LogP) is 4.78. The van der Waals surface area contributed by atoms with Crippen LogP contribution >= 0.6 is 34.5 Å². The van der Waals surface area contributed by atoms with E-state index in [4.69, 9.17) is 23.2 Å². The molecule has 1 atom stereocenters. The van der Waals surface area contributed by atoms with Crippen LogP contribution in [-0.4, -0.2) is 7.05 Å². The molecule has 0 fully saturated rings. The fourth-order valence-electron chi connectivity index (χ4n) is 1.83. The summed E-state index contributed by atoms with van der Waals surface area (Å²) >= 11 is 12.9. The maximum Gasteiger partial charge on any atom is 0.134 e. The average molecular weight is 326 g/mol. The van der Waals surface area contributed by atoms with Gasteiger partial charge in [0.05, 0.1) is 14.7 Å². The molecule has 1 unspecified atom stereocenters. The van der Waals surface area contributed by atoms with Gasteiger partial charge in [-0.1, -0.05) is 23.2 Å². The van der Waals surface area contributed by atoms with Crippen LogP contribution in [0.1, 0.15) is 17.2 Å². The van der Waals surface area contributed by atoms with Gasteiger partial charge in [0, 0.05) is 23.3 Å². The van der Waals surface area contributed by atoms with Gasteiger partial charge in [-0.3, -0.25) is 0 Å². The number of hydrogen-bond acceptors (Lipinski definition) is 2. The maximum atomic E-state index is 13.8. The van der Waals surface area contributed by atoms with Crippen LogP contribution in [0.2, 0.25) is 8.67 Å². The first kappa shape index (κ1) is 14.7. The summed E-state index contributed by atoms with van der Waals surface area (Å²) in [7, 11) is 1.52. The van der Waals surface area contributed by atoms with E-state index in [2.05, 4.69) is 5.32 Å². The van der Waals surface area contributed by atoms with Crippen LogP contribution in [0.25, 0.3) is 0 Å². The third-order valence-electron chi connectivity index (χ3n) is 2.62. The first-order valence-corrected chi connectivity index (χ1v) is 6.77. The smallest absolute Gasteiger partial charge is 0.134 e. The molecular weight excluding hydrogens is 318 g/mol. The topological polar surface area (TPSA) is 12.0 Å². The number of rotatable bonds is 3. The molecule has 0 spiro atoms. The van der Waals surface area contributed by atoms with Crippen LogP contribution in [0, 0.1) is 17.5 Å². The van der Waals surface area contributed by atoms with Crippen LogP contribution < -0.4 is 5.32 Å². The van der Waals surface area contributed by atoms with Crippen molar-refractivity contribution in [3.8, 4) is 0 Å². The van der Waals surface area contributed by atoms with E-state index in [9.17, 15) is 13.2 Å². The second-order valence-corrected chi connectivity index (χ2v) is 6.07. The third kappa shape index (κ3) is 2.89. The van der Waals surface area contributed by atoms with Crippen molar-refractivity contribution in [1.29, 1.82) is 0 Å². The Morgan fingerprint density at radius 2 is 1.68 bits per heavy atom. The van der Waals surface area contributed by atoms with E-state index in [-0.39, 0.29) is 5.56 Å². The standard InChI is InChI=1S/C12H8Cl2F3NS/c1-18-11(6-4-9(13)19-12(6)14)10-7(16)2-5(15)3-8(10)17/h2-4,11,18H,1H3. The van der Waals surface area contributed by atoms with E-state index in [1.54, 1.807) is 0 Å². The lowest BCUT2D eigenvalue weighted by atomic mass is 10.00. The first-order valence-electron chi connectivity index (χ1n) is 5.20. The number of benzene rings is 1. The van der Waals surface area contributed by atoms with Crippen LogP contribution in [0.15, 0.2) is 18.2 Å². The molecule has 102 valence electrons. The molecule has 19 heavy (non-hydrogen) atoms. The van der Waals surface area contributed by atoms with Crippen molar-refractivity contribution in [1.82, 2.24) is 5.32 Å². The van der Waals surface area contributed by atoms with Gasteiger partial charge in [-0.15, -0.1) is 11.3 Å². The van der Waals surface area contributed by atoms with Crippen molar-refractivity contribution in [3.05, 3.63) is 55.5 Å². The van der Waals surface area contributed by atoms with Gasteiger partial charge in [-0.25, -0.2) is 13.2 Å². The zero-order valence-electron chi connectivity index (χ0n) is 9.61. The van der Waals surface area contributed by atoms with Crippen LogP contribution in [-0.2, 0) is 0 Å². The highest BCUT2D eigenvalue weighted by Crippen LogP contribution is 2.38. The summed E-state index contributed by atoms with van der Waals surface area (Å²) in [4.78, 5) is 0. The zero-order chi connectivity index (χ0) is 14.2. The Balaban J connectivity index is 2.57. The molecule has 1 nitrogen and oxygen atoms in total. The summed E-state index contributed by atoms with van der Waals surface area (Å²) in [6.07, 6.45) is 0. The molecule has 0 aliphatic rings. The van der Waals surface area contributed by atoms with Gasteiger partial charge in [0.25, 0.3) is 0 Å². The molecule has 0 amide bonds. The normalized spacial score (nSPS) is 12.7. The summed E-state index contributed by atoms with van der Waals surface area (Å²) in [6.45, 7) is 0. The summed E-state index contributed by atoms with van der Waals surface area (Å²) in [5, 5.41) is 2.75. The number of thiophene rings is 1. The van der Waals surface area contributed by atoms with Gasteiger partial charge in [-0.05, 0) is 13.1 Å². The first-order chi connectivity index (χ1) is 8.93. The van der Waals surface area contributed by atoms with Gasteiger partial charge in [0.1, 0.15) is 17.5 Å². The average Bonchev–Trinajstić information content (AvgIpc) is 2.62. The Labute approximate surface area is 122 Å². The Bertz CT molecular complexity index is 592. The van der Waals surface area contributed by atoms with Crippen molar-refractivity contribution < 1.29 is 13.2 Å². The minimum absolute atomic E-state index is 0.291. The Hall–Kier alpha value is -0.750. The number of hydrogen-bond donors (Lipinski definition) is 1. The Morgan fingerprint density at radius 1 is 1.11 bits per heavy atom. The van der Waals surface area contributed by atoms with E-state index < -0.39 is 23.5 Å². The minimum Gasteiger partial charge on any atom is -0.309 e. The molecule has 2 rings (SSSR count). The Kier molecular flexibility index (Phi) is 4.40. The summed E-state index contributed by atoms with van der Waals surface area (Å²) < 4.78 is 41.2. The molecule has 2 aromatic rings. The molecule has 0 aliphatic heterocycles. The van der Waals surface area contributed by atoms with Crippen molar-refractivity contribution in [2.24, 2.45) is 0 Å². The van der Waals surface area contributed by atoms with Gasteiger partial charge in [0.2, 0.25) is 0 Å². The van der Waals surface area contributed by atoms with Crippen LogP contribution in [0.3, 0.4) is 0 Å². The molecule has 0 aliphatic carbocycles. The molecule has 0 bridgehead atoms. The summed E-state index contributed by atoms with van der Waals surface area (Å²) in [5.41, 5.74) is 0.156. The highest BCUT2D eigenvalue weighted by molar-refractivity contribution is 7.20. The molecule has 1 aromatic carbocycles.